The molecule has 1 aromatic heterocycles. The Morgan fingerprint density at radius 3 is 2.39 bits per heavy atom. The van der Waals surface area contributed by atoms with Gasteiger partial charge in [-0.1, -0.05) is 18.2 Å². The molecule has 28 heavy (non-hydrogen) atoms. The second kappa shape index (κ2) is 7.11. The molecule has 5 nitrogen and oxygen atoms in total. The fourth-order valence-corrected chi connectivity index (χ4v) is 2.93. The average Bonchev–Trinajstić information content (AvgIpc) is 2.71. The summed E-state index contributed by atoms with van der Waals surface area (Å²) >= 11 is 0. The standard InChI is InChI=1S/C21H15F2N3O2/c1-28-19-10-13(6-8-18(19)27)12-5-7-17-14(9-12)21(25-11-24-17)26-20-15(22)3-2-4-16(20)23/h2-11,27H,1H3,(H,24,25,26). The van der Waals surface area contributed by atoms with Gasteiger partial charge in [-0.3, -0.25) is 0 Å². The lowest BCUT2D eigenvalue weighted by Crippen LogP contribution is -2.00. The van der Waals surface area contributed by atoms with Gasteiger partial charge in [-0.25, -0.2) is 18.7 Å². The second-order valence-corrected chi connectivity index (χ2v) is 6.06. The summed E-state index contributed by atoms with van der Waals surface area (Å²) in [6, 6.07) is 14.1. The van der Waals surface area contributed by atoms with Crippen molar-refractivity contribution >= 4 is 22.4 Å². The lowest BCUT2D eigenvalue weighted by Gasteiger charge is -2.12. The number of fused-ring (bicyclic) bond motifs is 1. The highest BCUT2D eigenvalue weighted by Gasteiger charge is 2.13. The first-order valence-electron chi connectivity index (χ1n) is 8.40. The first-order valence-corrected chi connectivity index (χ1v) is 8.40. The average molecular weight is 379 g/mol. The van der Waals surface area contributed by atoms with Gasteiger partial charge in [0.15, 0.2) is 11.5 Å². The van der Waals surface area contributed by atoms with E-state index in [1.54, 1.807) is 18.2 Å². The van der Waals surface area contributed by atoms with Gasteiger partial charge in [0, 0.05) is 5.39 Å². The Balaban J connectivity index is 1.82. The molecule has 0 aliphatic carbocycles. The zero-order valence-electron chi connectivity index (χ0n) is 14.8. The zero-order chi connectivity index (χ0) is 19.7. The van der Waals surface area contributed by atoms with Gasteiger partial charge in [-0.2, -0.15) is 0 Å². The van der Waals surface area contributed by atoms with Crippen LogP contribution in [0.15, 0.2) is 60.9 Å². The molecule has 4 rings (SSSR count). The van der Waals surface area contributed by atoms with Crippen LogP contribution in [-0.2, 0) is 0 Å². The van der Waals surface area contributed by atoms with Crippen LogP contribution in [0.2, 0.25) is 0 Å². The summed E-state index contributed by atoms with van der Waals surface area (Å²) in [5.74, 6) is -0.777. The Bertz CT molecular complexity index is 1160. The summed E-state index contributed by atoms with van der Waals surface area (Å²) in [6.07, 6.45) is 1.33. The number of methoxy groups -OCH3 is 1. The van der Waals surface area contributed by atoms with Crippen molar-refractivity contribution in [1.82, 2.24) is 9.97 Å². The van der Waals surface area contributed by atoms with Gasteiger partial charge in [0.1, 0.15) is 29.5 Å². The molecule has 0 aliphatic rings. The van der Waals surface area contributed by atoms with Gasteiger partial charge in [-0.15, -0.1) is 0 Å². The van der Waals surface area contributed by atoms with E-state index in [4.69, 9.17) is 4.74 Å². The van der Waals surface area contributed by atoms with Gasteiger partial charge < -0.3 is 15.2 Å². The van der Waals surface area contributed by atoms with Crippen LogP contribution >= 0.6 is 0 Å². The Labute approximate surface area is 159 Å². The van der Waals surface area contributed by atoms with Gasteiger partial charge in [0.05, 0.1) is 12.6 Å². The molecule has 0 aliphatic heterocycles. The Morgan fingerprint density at radius 2 is 1.64 bits per heavy atom. The largest absolute Gasteiger partial charge is 0.504 e. The summed E-state index contributed by atoms with van der Waals surface area (Å²) in [5.41, 5.74) is 1.93. The van der Waals surface area contributed by atoms with Crippen molar-refractivity contribution < 1.29 is 18.6 Å². The molecule has 0 fully saturated rings. The molecule has 0 unspecified atom stereocenters. The summed E-state index contributed by atoms with van der Waals surface area (Å²) in [6.45, 7) is 0. The monoisotopic (exact) mass is 379 g/mol. The molecule has 1 heterocycles. The number of hydrogen-bond donors (Lipinski definition) is 2. The van der Waals surface area contributed by atoms with Crippen molar-refractivity contribution in [2.24, 2.45) is 0 Å². The van der Waals surface area contributed by atoms with Gasteiger partial charge >= 0.3 is 0 Å². The van der Waals surface area contributed by atoms with E-state index in [1.807, 2.05) is 12.1 Å². The van der Waals surface area contributed by atoms with E-state index < -0.39 is 11.6 Å². The number of para-hydroxylation sites is 1. The maximum Gasteiger partial charge on any atom is 0.161 e. The Hall–Kier alpha value is -3.74. The maximum atomic E-state index is 14.0. The summed E-state index contributed by atoms with van der Waals surface area (Å²) in [4.78, 5) is 8.35. The van der Waals surface area contributed by atoms with Crippen LogP contribution in [0.25, 0.3) is 22.0 Å². The molecule has 2 N–H and O–H groups in total. The molecule has 0 radical (unpaired) electrons. The molecule has 7 heteroatoms. The predicted molar refractivity (Wildman–Crippen MR) is 103 cm³/mol. The summed E-state index contributed by atoms with van der Waals surface area (Å²) < 4.78 is 33.2. The lowest BCUT2D eigenvalue weighted by atomic mass is 10.0. The molecule has 0 saturated heterocycles. The van der Waals surface area contributed by atoms with E-state index in [9.17, 15) is 13.9 Å². The number of hydrogen-bond acceptors (Lipinski definition) is 5. The Kier molecular flexibility index (Phi) is 4.49. The van der Waals surface area contributed by atoms with Crippen molar-refractivity contribution in [2.45, 2.75) is 0 Å². The minimum atomic E-state index is -0.716. The zero-order valence-corrected chi connectivity index (χ0v) is 14.8. The summed E-state index contributed by atoms with van der Waals surface area (Å²) in [5, 5.41) is 13.1. The van der Waals surface area contributed by atoms with Crippen molar-refractivity contribution in [3.8, 4) is 22.6 Å². The number of phenols is 1. The quantitative estimate of drug-likeness (QED) is 0.520. The number of anilines is 2. The van der Waals surface area contributed by atoms with E-state index in [1.165, 1.54) is 37.7 Å². The SMILES string of the molecule is COc1cc(-c2ccc3ncnc(Nc4c(F)cccc4F)c3c2)ccc1O. The maximum absolute atomic E-state index is 14.0. The molecule has 0 amide bonds. The number of aromatic nitrogens is 2. The third-order valence-electron chi connectivity index (χ3n) is 4.35. The number of benzene rings is 3. The number of halogens is 2. The number of phenolic OH excluding ortho intramolecular Hbond substituents is 1. The number of aromatic hydroxyl groups is 1. The van der Waals surface area contributed by atoms with E-state index in [2.05, 4.69) is 15.3 Å². The van der Waals surface area contributed by atoms with E-state index in [0.29, 0.717) is 16.7 Å². The third kappa shape index (κ3) is 3.18. The molecule has 0 bridgehead atoms. The van der Waals surface area contributed by atoms with E-state index in [-0.39, 0.29) is 17.3 Å². The highest BCUT2D eigenvalue weighted by atomic mass is 19.1. The fourth-order valence-electron chi connectivity index (χ4n) is 2.93. The normalized spacial score (nSPS) is 10.8. The van der Waals surface area contributed by atoms with Crippen LogP contribution in [0.1, 0.15) is 0 Å². The van der Waals surface area contributed by atoms with Crippen LogP contribution in [0.4, 0.5) is 20.3 Å². The van der Waals surface area contributed by atoms with E-state index >= 15 is 0 Å². The molecule has 0 spiro atoms. The summed E-state index contributed by atoms with van der Waals surface area (Å²) in [7, 11) is 1.47. The predicted octanol–water partition coefficient (Wildman–Crippen LogP) is 5.03. The van der Waals surface area contributed by atoms with Crippen LogP contribution in [0, 0.1) is 11.6 Å². The molecular formula is C21H15F2N3O2. The fraction of sp³-hybridized carbons (Fsp3) is 0.0476. The first-order chi connectivity index (χ1) is 13.6. The number of rotatable bonds is 4. The van der Waals surface area contributed by atoms with E-state index in [0.717, 1.165) is 11.1 Å². The molecule has 140 valence electrons. The van der Waals surface area contributed by atoms with Gasteiger partial charge in [0.2, 0.25) is 0 Å². The topological polar surface area (TPSA) is 67.3 Å². The number of ether oxygens (including phenoxy) is 1. The van der Waals surface area contributed by atoms with Gasteiger partial charge in [0.25, 0.3) is 0 Å². The molecule has 0 saturated carbocycles. The number of nitrogens with one attached hydrogen (secondary N) is 1. The highest BCUT2D eigenvalue weighted by Crippen LogP contribution is 2.34. The number of nitrogens with zero attached hydrogens (tertiary/aromatic N) is 2. The highest BCUT2D eigenvalue weighted by molar-refractivity contribution is 5.94. The first kappa shape index (κ1) is 17.7. The molecular weight excluding hydrogens is 364 g/mol. The van der Waals surface area contributed by atoms with Gasteiger partial charge in [-0.05, 0) is 47.5 Å². The van der Waals surface area contributed by atoms with Crippen molar-refractivity contribution in [1.29, 1.82) is 0 Å². The molecule has 3 aromatic carbocycles. The smallest absolute Gasteiger partial charge is 0.161 e. The van der Waals surface area contributed by atoms with Crippen molar-refractivity contribution in [2.75, 3.05) is 12.4 Å². The van der Waals surface area contributed by atoms with Crippen LogP contribution in [0.3, 0.4) is 0 Å². The molecule has 4 aromatic rings. The van der Waals surface area contributed by atoms with Crippen molar-refractivity contribution in [3.05, 3.63) is 72.6 Å². The second-order valence-electron chi connectivity index (χ2n) is 6.06. The van der Waals surface area contributed by atoms with Crippen molar-refractivity contribution in [3.63, 3.8) is 0 Å². The minimum absolute atomic E-state index is 0.0350. The van der Waals surface area contributed by atoms with Crippen LogP contribution in [0.5, 0.6) is 11.5 Å². The Morgan fingerprint density at radius 1 is 0.929 bits per heavy atom. The minimum Gasteiger partial charge on any atom is -0.504 e. The van der Waals surface area contributed by atoms with Crippen LogP contribution in [-0.4, -0.2) is 22.2 Å². The lowest BCUT2D eigenvalue weighted by molar-refractivity contribution is 0.373. The molecule has 0 atom stereocenters. The van der Waals surface area contributed by atoms with Crippen LogP contribution < -0.4 is 10.1 Å². The third-order valence-corrected chi connectivity index (χ3v) is 4.35.